The summed E-state index contributed by atoms with van der Waals surface area (Å²) < 4.78 is 88.1. The fraction of sp³-hybridized carbons (Fsp3) is 0.350. The number of aromatic nitrogens is 3. The molecule has 0 atom stereocenters. The van der Waals surface area contributed by atoms with Crippen LogP contribution in [0.5, 0.6) is 0 Å². The highest BCUT2D eigenvalue weighted by molar-refractivity contribution is 7.88. The molecule has 13 nitrogen and oxygen atoms in total. The Kier molecular flexibility index (Phi) is 8.58. The molecule has 0 bridgehead atoms. The molecule has 0 unspecified atom stereocenters. The number of sulfonamides is 1. The Labute approximate surface area is 209 Å². The van der Waals surface area contributed by atoms with E-state index in [1.165, 1.54) is 12.1 Å². The number of hydrogen-bond acceptors (Lipinski definition) is 10. The summed E-state index contributed by atoms with van der Waals surface area (Å²) in [5.74, 6) is 0.208. The van der Waals surface area contributed by atoms with Gasteiger partial charge in [0.25, 0.3) is 20.2 Å². The first kappa shape index (κ1) is 27.8. The number of hydrogen-bond donors (Lipinski definition) is 4. The molecule has 0 aliphatic rings. The van der Waals surface area contributed by atoms with E-state index in [1.807, 2.05) is 0 Å². The van der Waals surface area contributed by atoms with Crippen LogP contribution in [0.3, 0.4) is 0 Å². The molecule has 36 heavy (non-hydrogen) atoms. The van der Waals surface area contributed by atoms with Crippen LogP contribution >= 0.6 is 0 Å². The van der Waals surface area contributed by atoms with Crippen molar-refractivity contribution in [3.8, 4) is 0 Å². The van der Waals surface area contributed by atoms with Crippen molar-refractivity contribution in [2.24, 2.45) is 0 Å². The minimum Gasteiger partial charge on any atom is -0.353 e. The maximum absolute atomic E-state index is 11.5. The molecule has 0 aliphatic carbocycles. The third-order valence-corrected chi connectivity index (χ3v) is 7.20. The van der Waals surface area contributed by atoms with Gasteiger partial charge in [-0.2, -0.15) is 26.8 Å². The van der Waals surface area contributed by atoms with Gasteiger partial charge in [0.05, 0.1) is 16.9 Å². The lowest BCUT2D eigenvalue weighted by molar-refractivity contribution is 0.481. The molecular formula is C20H25N5O8S3. The van der Waals surface area contributed by atoms with Gasteiger partial charge in [-0.15, -0.1) is 0 Å². The van der Waals surface area contributed by atoms with Crippen LogP contribution in [0.15, 0.2) is 41.3 Å². The molecule has 1 aromatic heterocycles. The number of aryl methyl sites for hydroxylation is 1. The lowest BCUT2D eigenvalue weighted by atomic mass is 10.0. The highest BCUT2D eigenvalue weighted by Crippen LogP contribution is 2.24. The van der Waals surface area contributed by atoms with E-state index in [0.717, 1.165) is 11.8 Å². The van der Waals surface area contributed by atoms with Crippen LogP contribution in [0.25, 0.3) is 10.8 Å². The van der Waals surface area contributed by atoms with Gasteiger partial charge >= 0.3 is 0 Å². The second kappa shape index (κ2) is 11.1. The summed E-state index contributed by atoms with van der Waals surface area (Å²) in [6, 6.07) is 9.43. The molecular weight excluding hydrogens is 534 g/mol. The van der Waals surface area contributed by atoms with Gasteiger partial charge in [0.2, 0.25) is 16.0 Å². The zero-order valence-electron chi connectivity index (χ0n) is 19.1. The van der Waals surface area contributed by atoms with Crippen molar-refractivity contribution in [3.05, 3.63) is 53.6 Å². The lowest BCUT2D eigenvalue weighted by Gasteiger charge is -2.11. The van der Waals surface area contributed by atoms with E-state index in [0.29, 0.717) is 35.3 Å². The summed E-state index contributed by atoms with van der Waals surface area (Å²) >= 11 is 0. The fourth-order valence-electron chi connectivity index (χ4n) is 3.35. The Bertz CT molecular complexity index is 1580. The van der Waals surface area contributed by atoms with Crippen LogP contribution in [-0.4, -0.2) is 74.4 Å². The summed E-state index contributed by atoms with van der Waals surface area (Å²) in [6.45, 7) is 0.0226. The molecule has 1 heterocycles. The quantitative estimate of drug-likeness (QED) is 0.178. The summed E-state index contributed by atoms with van der Waals surface area (Å²) in [6.07, 6.45) is 1.97. The Morgan fingerprint density at radius 3 is 2.28 bits per heavy atom. The first-order chi connectivity index (χ1) is 16.7. The van der Waals surface area contributed by atoms with Crippen molar-refractivity contribution in [2.45, 2.75) is 24.2 Å². The van der Waals surface area contributed by atoms with E-state index in [-0.39, 0.29) is 30.4 Å². The van der Waals surface area contributed by atoms with Crippen LogP contribution in [0.4, 0.5) is 5.95 Å². The predicted molar refractivity (Wildman–Crippen MR) is 132 cm³/mol. The van der Waals surface area contributed by atoms with Crippen LogP contribution in [0.1, 0.15) is 23.6 Å². The second-order valence-electron chi connectivity index (χ2n) is 7.93. The van der Waals surface area contributed by atoms with Crippen molar-refractivity contribution in [2.75, 3.05) is 30.4 Å². The van der Waals surface area contributed by atoms with Crippen molar-refractivity contribution in [1.82, 2.24) is 19.7 Å². The zero-order valence-corrected chi connectivity index (χ0v) is 21.6. The highest BCUT2D eigenvalue weighted by Gasteiger charge is 2.14. The average molecular weight is 560 g/mol. The Morgan fingerprint density at radius 2 is 1.61 bits per heavy atom. The first-order valence-electron chi connectivity index (χ1n) is 10.6. The van der Waals surface area contributed by atoms with E-state index < -0.39 is 36.0 Å². The van der Waals surface area contributed by atoms with E-state index >= 15 is 0 Å². The predicted octanol–water partition coefficient (Wildman–Crippen LogP) is 0.644. The summed E-state index contributed by atoms with van der Waals surface area (Å²) in [7, 11) is -11.9. The molecule has 16 heteroatoms. The average Bonchev–Trinajstić information content (AvgIpc) is 2.74. The minimum absolute atomic E-state index is 0.0867. The van der Waals surface area contributed by atoms with E-state index in [1.54, 1.807) is 24.3 Å². The minimum atomic E-state index is -4.36. The molecule has 3 rings (SSSR count). The van der Waals surface area contributed by atoms with Gasteiger partial charge in [0, 0.05) is 25.9 Å². The highest BCUT2D eigenvalue weighted by atomic mass is 32.2. The van der Waals surface area contributed by atoms with Gasteiger partial charge in [0.1, 0.15) is 11.6 Å². The third-order valence-electron chi connectivity index (χ3n) is 4.90. The molecule has 4 N–H and O–H groups in total. The van der Waals surface area contributed by atoms with Gasteiger partial charge in [-0.05, 0) is 34.9 Å². The second-order valence-corrected chi connectivity index (χ2v) is 12.8. The Balaban J connectivity index is 1.88. The van der Waals surface area contributed by atoms with Gasteiger partial charge in [-0.25, -0.2) is 18.1 Å². The summed E-state index contributed by atoms with van der Waals surface area (Å²) in [4.78, 5) is 12.8. The van der Waals surface area contributed by atoms with Crippen LogP contribution in [-0.2, 0) is 43.1 Å². The van der Waals surface area contributed by atoms with Crippen molar-refractivity contribution >= 4 is 47.0 Å². The fourth-order valence-corrected chi connectivity index (χ4v) is 4.74. The van der Waals surface area contributed by atoms with Crippen LogP contribution in [0, 0.1) is 0 Å². The number of fused-ring (bicyclic) bond motifs is 1. The van der Waals surface area contributed by atoms with Gasteiger partial charge in [-0.1, -0.05) is 24.3 Å². The number of benzene rings is 2. The lowest BCUT2D eigenvalue weighted by Crippen LogP contribution is -2.23. The monoisotopic (exact) mass is 559 g/mol. The zero-order chi connectivity index (χ0) is 26.6. The first-order valence-corrected chi connectivity index (χ1v) is 15.5. The molecule has 2 aromatic carbocycles. The largest absolute Gasteiger partial charge is 0.353 e. The molecule has 0 fully saturated rings. The molecule has 0 saturated carbocycles. The molecule has 0 aliphatic heterocycles. The molecule has 3 aromatic rings. The normalized spacial score (nSPS) is 12.6. The topological polar surface area (TPSA) is 206 Å². The maximum Gasteiger partial charge on any atom is 0.294 e. The Morgan fingerprint density at radius 1 is 0.889 bits per heavy atom. The number of nitrogens with zero attached hydrogens (tertiary/aromatic N) is 3. The summed E-state index contributed by atoms with van der Waals surface area (Å²) in [5.41, 5.74) is 0.758. The van der Waals surface area contributed by atoms with Crippen molar-refractivity contribution in [3.63, 3.8) is 0 Å². The van der Waals surface area contributed by atoms with Gasteiger partial charge in [0.15, 0.2) is 0 Å². The maximum atomic E-state index is 11.5. The van der Waals surface area contributed by atoms with Crippen molar-refractivity contribution in [1.29, 1.82) is 0 Å². The third kappa shape index (κ3) is 8.72. The molecule has 0 amide bonds. The van der Waals surface area contributed by atoms with E-state index in [4.69, 9.17) is 4.55 Å². The molecule has 0 radical (unpaired) electrons. The number of anilines is 1. The van der Waals surface area contributed by atoms with Crippen LogP contribution in [0.2, 0.25) is 0 Å². The van der Waals surface area contributed by atoms with Crippen LogP contribution < -0.4 is 10.0 Å². The van der Waals surface area contributed by atoms with E-state index in [2.05, 4.69) is 25.0 Å². The standard InChI is InChI=1S/C20H25N5O8S3/c1-34(26,27)22-9-3-6-18-23-19(25-20(24-18)21-10-11-35(28,29)30)13-15-5-2-4-14-12-16(36(31,32)33)7-8-17(14)15/h2,4-5,7-8,12,22H,3,6,9-11,13H2,1H3,(H,28,29,30)(H,31,32,33)(H,21,23,24,25). The summed E-state index contributed by atoms with van der Waals surface area (Å²) in [5, 5.41) is 4.03. The Hall–Kier alpha value is -2.76. The number of nitrogens with one attached hydrogen (secondary N) is 2. The molecule has 0 saturated heterocycles. The smallest absolute Gasteiger partial charge is 0.294 e. The van der Waals surface area contributed by atoms with Gasteiger partial charge in [-0.3, -0.25) is 9.11 Å². The SMILES string of the molecule is CS(=O)(=O)NCCCc1nc(Cc2cccc3cc(S(=O)(=O)O)ccc23)nc(NCCS(=O)(=O)O)n1. The van der Waals surface area contributed by atoms with Crippen molar-refractivity contribution < 1.29 is 34.4 Å². The molecule has 0 spiro atoms. The van der Waals surface area contributed by atoms with Gasteiger partial charge < -0.3 is 5.32 Å². The molecule has 196 valence electrons. The van der Waals surface area contributed by atoms with E-state index in [9.17, 15) is 29.8 Å². The number of rotatable bonds is 12.